The fraction of sp³-hybridized carbons (Fsp3) is 0.375. The molecule has 0 fully saturated rings. The number of ether oxygens (including phenoxy) is 2. The van der Waals surface area contributed by atoms with Gasteiger partial charge in [0.15, 0.2) is 5.60 Å². The van der Waals surface area contributed by atoms with Crippen molar-refractivity contribution in [3.05, 3.63) is 46.7 Å². The van der Waals surface area contributed by atoms with Crippen molar-refractivity contribution in [2.75, 3.05) is 0 Å². The number of carbonyl (C=O) groups excluding carboxylic acids is 2. The molecule has 0 radical (unpaired) electrons. The Balaban J connectivity index is 2.45. The molecule has 0 amide bonds. The lowest BCUT2D eigenvalue weighted by Gasteiger charge is -2.30. The standard InChI is InChI=1S/C16H18O6/c1-5-6-16(10(4)13(18)15(20)22-16)8(2)7-11-9(3)12(17)14(19)21-11/h5-8,17-18H,1-4H3. The lowest BCUT2D eigenvalue weighted by atomic mass is 9.82. The second-order valence-corrected chi connectivity index (χ2v) is 5.34. The molecule has 22 heavy (non-hydrogen) atoms. The quantitative estimate of drug-likeness (QED) is 0.615. The first-order chi connectivity index (χ1) is 10.2. The van der Waals surface area contributed by atoms with Crippen LogP contribution in [0, 0.1) is 5.92 Å². The van der Waals surface area contributed by atoms with Crippen LogP contribution in [0.3, 0.4) is 0 Å². The molecule has 0 aliphatic carbocycles. The summed E-state index contributed by atoms with van der Waals surface area (Å²) in [4.78, 5) is 23.0. The van der Waals surface area contributed by atoms with Gasteiger partial charge in [-0.3, -0.25) is 0 Å². The second-order valence-electron chi connectivity index (χ2n) is 5.34. The number of carbonyl (C=O) groups is 2. The van der Waals surface area contributed by atoms with Gasteiger partial charge in [0.25, 0.3) is 0 Å². The molecule has 2 N–H and O–H groups in total. The summed E-state index contributed by atoms with van der Waals surface area (Å²) in [6, 6.07) is 0. The molecule has 2 aliphatic rings. The third-order valence-corrected chi connectivity index (χ3v) is 4.01. The van der Waals surface area contributed by atoms with Crippen molar-refractivity contribution in [3.63, 3.8) is 0 Å². The molecule has 0 aromatic carbocycles. The van der Waals surface area contributed by atoms with Gasteiger partial charge in [0, 0.05) is 17.1 Å². The molecule has 2 atom stereocenters. The highest BCUT2D eigenvalue weighted by atomic mass is 16.6. The third kappa shape index (κ3) is 2.20. The molecule has 2 heterocycles. The summed E-state index contributed by atoms with van der Waals surface area (Å²) < 4.78 is 10.3. The summed E-state index contributed by atoms with van der Waals surface area (Å²) in [6.45, 7) is 6.70. The predicted molar refractivity (Wildman–Crippen MR) is 77.6 cm³/mol. The van der Waals surface area contributed by atoms with Crippen molar-refractivity contribution in [2.24, 2.45) is 5.92 Å². The minimum Gasteiger partial charge on any atom is -0.502 e. The van der Waals surface area contributed by atoms with E-state index in [0.29, 0.717) is 11.1 Å². The van der Waals surface area contributed by atoms with Crippen LogP contribution >= 0.6 is 0 Å². The van der Waals surface area contributed by atoms with Gasteiger partial charge in [-0.2, -0.15) is 0 Å². The van der Waals surface area contributed by atoms with E-state index in [9.17, 15) is 19.8 Å². The van der Waals surface area contributed by atoms with E-state index in [2.05, 4.69) is 0 Å². The van der Waals surface area contributed by atoms with E-state index in [0.717, 1.165) is 0 Å². The fourth-order valence-electron chi connectivity index (χ4n) is 2.61. The van der Waals surface area contributed by atoms with Crippen LogP contribution in [-0.4, -0.2) is 27.8 Å². The molecule has 2 rings (SSSR count). The first-order valence-electron chi connectivity index (χ1n) is 6.86. The normalized spacial score (nSPS) is 28.8. The number of cyclic esters (lactones) is 2. The van der Waals surface area contributed by atoms with Crippen LogP contribution in [0.5, 0.6) is 0 Å². The maximum Gasteiger partial charge on any atom is 0.379 e. The van der Waals surface area contributed by atoms with Gasteiger partial charge in [-0.05, 0) is 32.9 Å². The van der Waals surface area contributed by atoms with Crippen LogP contribution in [0.1, 0.15) is 27.7 Å². The molecule has 6 nitrogen and oxygen atoms in total. The maximum atomic E-state index is 11.7. The van der Waals surface area contributed by atoms with E-state index in [-0.39, 0.29) is 5.76 Å². The zero-order valence-corrected chi connectivity index (χ0v) is 12.8. The Morgan fingerprint density at radius 1 is 1.14 bits per heavy atom. The van der Waals surface area contributed by atoms with Crippen LogP contribution in [0.15, 0.2) is 46.7 Å². The average Bonchev–Trinajstić information content (AvgIpc) is 2.83. The number of allylic oxidation sites excluding steroid dienone is 2. The Kier molecular flexibility index (Phi) is 3.87. The number of hydrogen-bond donors (Lipinski definition) is 2. The number of aliphatic hydroxyl groups is 2. The van der Waals surface area contributed by atoms with Crippen molar-refractivity contribution in [2.45, 2.75) is 33.3 Å². The molecule has 0 spiro atoms. The van der Waals surface area contributed by atoms with E-state index in [1.807, 2.05) is 0 Å². The molecule has 0 saturated carbocycles. The average molecular weight is 306 g/mol. The topological polar surface area (TPSA) is 93.1 Å². The molecule has 6 heteroatoms. The van der Waals surface area contributed by atoms with Gasteiger partial charge in [-0.1, -0.05) is 13.0 Å². The molecular formula is C16H18O6. The minimum atomic E-state index is -1.15. The van der Waals surface area contributed by atoms with Crippen LogP contribution in [0.2, 0.25) is 0 Å². The maximum absolute atomic E-state index is 11.7. The predicted octanol–water partition coefficient (Wildman–Crippen LogP) is 2.60. The Morgan fingerprint density at radius 3 is 2.18 bits per heavy atom. The number of rotatable bonds is 3. The molecule has 2 aliphatic heterocycles. The number of hydrogen-bond acceptors (Lipinski definition) is 6. The third-order valence-electron chi connectivity index (χ3n) is 4.01. The van der Waals surface area contributed by atoms with Crippen LogP contribution in [-0.2, 0) is 19.1 Å². The summed E-state index contributed by atoms with van der Waals surface area (Å²) in [7, 11) is 0. The minimum absolute atomic E-state index is 0.217. The van der Waals surface area contributed by atoms with E-state index < -0.39 is 35.0 Å². The van der Waals surface area contributed by atoms with Gasteiger partial charge in [0.2, 0.25) is 11.5 Å². The highest BCUT2D eigenvalue weighted by Gasteiger charge is 2.47. The molecule has 0 aromatic rings. The second kappa shape index (κ2) is 5.36. The Bertz CT molecular complexity index is 664. The van der Waals surface area contributed by atoms with Crippen molar-refractivity contribution < 1.29 is 29.3 Å². The number of esters is 2. The fourth-order valence-corrected chi connectivity index (χ4v) is 2.61. The van der Waals surface area contributed by atoms with E-state index in [1.54, 1.807) is 45.9 Å². The smallest absolute Gasteiger partial charge is 0.379 e. The lowest BCUT2D eigenvalue weighted by molar-refractivity contribution is -0.148. The summed E-state index contributed by atoms with van der Waals surface area (Å²) in [5, 5.41) is 19.3. The summed E-state index contributed by atoms with van der Waals surface area (Å²) in [5.74, 6) is -2.66. The van der Waals surface area contributed by atoms with Gasteiger partial charge in [0.1, 0.15) is 5.76 Å². The summed E-state index contributed by atoms with van der Waals surface area (Å²) in [5.41, 5.74) is -0.439. The largest absolute Gasteiger partial charge is 0.502 e. The van der Waals surface area contributed by atoms with Crippen molar-refractivity contribution in [1.82, 2.24) is 0 Å². The highest BCUT2D eigenvalue weighted by molar-refractivity contribution is 5.92. The lowest BCUT2D eigenvalue weighted by Crippen LogP contribution is -2.36. The first kappa shape index (κ1) is 15.9. The van der Waals surface area contributed by atoms with Crippen LogP contribution < -0.4 is 0 Å². The van der Waals surface area contributed by atoms with Gasteiger partial charge in [-0.15, -0.1) is 0 Å². The molecule has 0 aromatic heterocycles. The molecule has 118 valence electrons. The monoisotopic (exact) mass is 306 g/mol. The van der Waals surface area contributed by atoms with Gasteiger partial charge in [-0.25, -0.2) is 9.59 Å². The molecule has 0 bridgehead atoms. The van der Waals surface area contributed by atoms with E-state index >= 15 is 0 Å². The van der Waals surface area contributed by atoms with Crippen LogP contribution in [0.4, 0.5) is 0 Å². The summed E-state index contributed by atoms with van der Waals surface area (Å²) in [6.07, 6.45) is 4.97. The van der Waals surface area contributed by atoms with Gasteiger partial charge in [0.05, 0.1) is 0 Å². The molecular weight excluding hydrogens is 288 g/mol. The van der Waals surface area contributed by atoms with Gasteiger partial charge >= 0.3 is 11.9 Å². The highest BCUT2D eigenvalue weighted by Crippen LogP contribution is 2.41. The van der Waals surface area contributed by atoms with Crippen molar-refractivity contribution in [1.29, 1.82) is 0 Å². The SMILES string of the molecule is CC=CC1(C(C)C=C2OC(=O)C(O)=C2C)OC(=O)C(O)=C1C. The van der Waals surface area contributed by atoms with E-state index in [4.69, 9.17) is 9.47 Å². The van der Waals surface area contributed by atoms with Crippen molar-refractivity contribution in [3.8, 4) is 0 Å². The Hall–Kier alpha value is -2.50. The van der Waals surface area contributed by atoms with E-state index in [1.165, 1.54) is 0 Å². The summed E-state index contributed by atoms with van der Waals surface area (Å²) >= 11 is 0. The van der Waals surface area contributed by atoms with Crippen LogP contribution in [0.25, 0.3) is 0 Å². The zero-order chi connectivity index (χ0) is 16.7. The number of aliphatic hydroxyl groups excluding tert-OH is 2. The Morgan fingerprint density at radius 2 is 1.77 bits per heavy atom. The first-order valence-corrected chi connectivity index (χ1v) is 6.86. The zero-order valence-electron chi connectivity index (χ0n) is 12.8. The Labute approximate surface area is 128 Å². The molecule has 2 unspecified atom stereocenters. The molecule has 0 saturated heterocycles. The van der Waals surface area contributed by atoms with Crippen molar-refractivity contribution >= 4 is 11.9 Å². The van der Waals surface area contributed by atoms with Gasteiger partial charge < -0.3 is 19.7 Å².